The third-order valence-electron chi connectivity index (χ3n) is 10.2. The first-order valence-corrected chi connectivity index (χ1v) is 16.1. The first kappa shape index (κ1) is 30.2. The van der Waals surface area contributed by atoms with E-state index in [9.17, 15) is 19.5 Å². The van der Waals surface area contributed by atoms with E-state index >= 15 is 4.79 Å². The van der Waals surface area contributed by atoms with Crippen molar-refractivity contribution >= 4 is 17.5 Å². The molecule has 0 unspecified atom stereocenters. The number of aromatic nitrogens is 3. The van der Waals surface area contributed by atoms with Gasteiger partial charge in [0.05, 0.1) is 42.4 Å². The molecular formula is C38H33N5O6. The molecule has 0 bridgehead atoms. The van der Waals surface area contributed by atoms with Crippen molar-refractivity contribution in [3.05, 3.63) is 152 Å². The largest absolute Gasteiger partial charge is 0.504 e. The third-order valence-corrected chi connectivity index (χ3v) is 10.2. The molecule has 0 radical (unpaired) electrons. The van der Waals surface area contributed by atoms with Crippen LogP contribution in [0.5, 0.6) is 11.5 Å². The number of imide groups is 1. The summed E-state index contributed by atoms with van der Waals surface area (Å²) < 4.78 is 9.44. The standard InChI is InChI=1S/C38H33N5O6/c1-23-16-18-25(19-17-23)39-42-34(45)29-22-30-27(20-21-40-36(47)41(37(48)43(30)40)26-12-7-4-8-13-26)32(28-14-9-15-31(49-2)33(28)44)38(29,35(42)46)24-10-5-3-6-11-24/h3-20,29-30,32,39,44H,21-22H2,1-2H3/t29-,30+,32+,38+/m0/s1. The summed E-state index contributed by atoms with van der Waals surface area (Å²) in [6.07, 6.45) is 1.91. The monoisotopic (exact) mass is 655 g/mol. The van der Waals surface area contributed by atoms with Gasteiger partial charge in [-0.3, -0.25) is 15.0 Å². The summed E-state index contributed by atoms with van der Waals surface area (Å²) >= 11 is 0. The van der Waals surface area contributed by atoms with E-state index in [0.717, 1.165) is 15.1 Å². The molecule has 4 aromatic carbocycles. The van der Waals surface area contributed by atoms with Gasteiger partial charge in [0.25, 0.3) is 11.8 Å². The van der Waals surface area contributed by atoms with Crippen molar-refractivity contribution in [1.29, 1.82) is 0 Å². The van der Waals surface area contributed by atoms with Gasteiger partial charge in [-0.15, -0.1) is 0 Å². The van der Waals surface area contributed by atoms with Crippen LogP contribution >= 0.6 is 0 Å². The number of fused-ring (bicyclic) bond motifs is 4. The van der Waals surface area contributed by atoms with Crippen molar-refractivity contribution in [2.24, 2.45) is 5.92 Å². The number of para-hydroxylation sites is 2. The van der Waals surface area contributed by atoms with Crippen LogP contribution in [0.15, 0.2) is 124 Å². The number of allylic oxidation sites excluding steroid dienone is 2. The van der Waals surface area contributed by atoms with E-state index in [0.29, 0.717) is 28.1 Å². The van der Waals surface area contributed by atoms with Gasteiger partial charge in [-0.2, -0.15) is 5.01 Å². The van der Waals surface area contributed by atoms with Gasteiger partial charge in [0.15, 0.2) is 11.5 Å². The van der Waals surface area contributed by atoms with Crippen molar-refractivity contribution in [2.75, 3.05) is 12.5 Å². The minimum atomic E-state index is -1.53. The highest BCUT2D eigenvalue weighted by molar-refractivity contribution is 6.12. The number of aromatic hydroxyl groups is 1. The quantitative estimate of drug-likeness (QED) is 0.205. The molecule has 3 aliphatic rings. The van der Waals surface area contributed by atoms with Crippen LogP contribution in [0.3, 0.4) is 0 Å². The Kier molecular flexibility index (Phi) is 6.95. The van der Waals surface area contributed by atoms with Crippen molar-refractivity contribution in [1.82, 2.24) is 18.9 Å². The summed E-state index contributed by atoms with van der Waals surface area (Å²) in [7, 11) is 1.44. The summed E-state index contributed by atoms with van der Waals surface area (Å²) in [6, 6.07) is 29.5. The van der Waals surface area contributed by atoms with Gasteiger partial charge in [-0.1, -0.05) is 84.4 Å². The molecule has 2 N–H and O–H groups in total. The lowest BCUT2D eigenvalue weighted by Gasteiger charge is -2.49. The summed E-state index contributed by atoms with van der Waals surface area (Å²) in [5, 5.41) is 12.8. The van der Waals surface area contributed by atoms with Gasteiger partial charge in [0.2, 0.25) is 0 Å². The van der Waals surface area contributed by atoms with E-state index in [1.165, 1.54) is 16.5 Å². The topological polar surface area (TPSA) is 128 Å². The van der Waals surface area contributed by atoms with Crippen LogP contribution < -0.4 is 21.5 Å². The Morgan fingerprint density at radius 3 is 2.22 bits per heavy atom. The number of phenolic OH excluding ortho intramolecular Hbond substituents is 1. The number of hydrazine groups is 1. The fourth-order valence-electron chi connectivity index (χ4n) is 8.09. The number of hydrogen-bond acceptors (Lipinski definition) is 7. The van der Waals surface area contributed by atoms with Crippen LogP contribution in [0.4, 0.5) is 5.69 Å². The number of nitrogens with zero attached hydrogens (tertiary/aromatic N) is 4. The highest BCUT2D eigenvalue weighted by Gasteiger charge is 2.69. The summed E-state index contributed by atoms with van der Waals surface area (Å²) in [6.45, 7) is 1.99. The number of benzene rings is 4. The number of aryl methyl sites for hydroxylation is 1. The van der Waals surface area contributed by atoms with E-state index in [1.807, 2.05) is 55.5 Å². The van der Waals surface area contributed by atoms with Gasteiger partial charge in [0.1, 0.15) is 0 Å². The third kappa shape index (κ3) is 4.28. The van der Waals surface area contributed by atoms with Crippen LogP contribution in [0.1, 0.15) is 35.1 Å². The maximum absolute atomic E-state index is 15.2. The first-order chi connectivity index (χ1) is 23.8. The second-order valence-electron chi connectivity index (χ2n) is 12.7. The van der Waals surface area contributed by atoms with Gasteiger partial charge in [-0.25, -0.2) is 23.5 Å². The molecule has 1 saturated heterocycles. The van der Waals surface area contributed by atoms with Crippen LogP contribution in [0.2, 0.25) is 0 Å². The van der Waals surface area contributed by atoms with E-state index in [-0.39, 0.29) is 24.5 Å². The summed E-state index contributed by atoms with van der Waals surface area (Å²) in [5.41, 5.74) is 4.08. The molecule has 3 heterocycles. The molecule has 11 heteroatoms. The Balaban J connectivity index is 1.39. The summed E-state index contributed by atoms with van der Waals surface area (Å²) in [4.78, 5) is 58.0. The van der Waals surface area contributed by atoms with E-state index in [4.69, 9.17) is 4.74 Å². The predicted molar refractivity (Wildman–Crippen MR) is 182 cm³/mol. The molecule has 2 fully saturated rings. The normalized spacial score (nSPS) is 22.6. The van der Waals surface area contributed by atoms with Crippen LogP contribution in [0.25, 0.3) is 5.69 Å². The van der Waals surface area contributed by atoms with Crippen molar-refractivity contribution in [3.63, 3.8) is 0 Å². The van der Waals surface area contributed by atoms with E-state index in [2.05, 4.69) is 5.43 Å². The number of carbonyl (C=O) groups is 2. The lowest BCUT2D eigenvalue weighted by Crippen LogP contribution is -2.53. The Bertz CT molecular complexity index is 2270. The number of nitrogens with one attached hydrogen (secondary N) is 1. The molecule has 2 aliphatic heterocycles. The molecule has 8 rings (SSSR count). The Labute approximate surface area is 280 Å². The average Bonchev–Trinajstić information content (AvgIpc) is 3.51. The number of carbonyl (C=O) groups excluding carboxylic acids is 2. The molecule has 5 aromatic rings. The molecule has 246 valence electrons. The predicted octanol–water partition coefficient (Wildman–Crippen LogP) is 4.44. The van der Waals surface area contributed by atoms with Gasteiger partial charge in [-0.05, 0) is 54.8 Å². The zero-order chi connectivity index (χ0) is 34.0. The van der Waals surface area contributed by atoms with Crippen LogP contribution in [-0.2, 0) is 21.5 Å². The lowest BCUT2D eigenvalue weighted by atomic mass is 9.53. The minimum absolute atomic E-state index is 0.0456. The zero-order valence-electron chi connectivity index (χ0n) is 26.8. The van der Waals surface area contributed by atoms with Crippen molar-refractivity contribution in [2.45, 2.75) is 37.3 Å². The Hall–Kier alpha value is -6.10. The van der Waals surface area contributed by atoms with Crippen LogP contribution in [-0.4, -0.2) is 43.0 Å². The molecule has 1 aromatic heterocycles. The number of ether oxygens (including phenoxy) is 1. The number of amides is 2. The highest BCUT2D eigenvalue weighted by Crippen LogP contribution is 2.63. The van der Waals surface area contributed by atoms with E-state index in [1.54, 1.807) is 60.7 Å². The number of anilines is 1. The number of rotatable bonds is 6. The van der Waals surface area contributed by atoms with Gasteiger partial charge in [0, 0.05) is 11.5 Å². The molecule has 0 spiro atoms. The lowest BCUT2D eigenvalue weighted by molar-refractivity contribution is -0.138. The molecule has 1 aliphatic carbocycles. The minimum Gasteiger partial charge on any atom is -0.504 e. The highest BCUT2D eigenvalue weighted by atomic mass is 16.5. The van der Waals surface area contributed by atoms with Gasteiger partial charge < -0.3 is 9.84 Å². The SMILES string of the molecule is COc1cccc([C@H]2C3=CCn4c(=O)n(-c5ccccc5)c(=O)n4[C@@H]3C[C@H]3C(=O)N(Nc4ccc(C)cc4)C(=O)[C@@]23c2ccccc2)c1O. The van der Waals surface area contributed by atoms with Crippen molar-refractivity contribution < 1.29 is 19.4 Å². The Morgan fingerprint density at radius 1 is 0.837 bits per heavy atom. The maximum atomic E-state index is 15.2. The fourth-order valence-corrected chi connectivity index (χ4v) is 8.09. The molecule has 49 heavy (non-hydrogen) atoms. The summed E-state index contributed by atoms with van der Waals surface area (Å²) in [5.74, 6) is -2.86. The molecular weight excluding hydrogens is 622 g/mol. The van der Waals surface area contributed by atoms with Crippen molar-refractivity contribution in [3.8, 4) is 17.2 Å². The number of phenols is 1. The zero-order valence-corrected chi connectivity index (χ0v) is 26.8. The molecule has 2 amide bonds. The van der Waals surface area contributed by atoms with E-state index < -0.39 is 46.5 Å². The molecule has 1 saturated carbocycles. The average molecular weight is 656 g/mol. The Morgan fingerprint density at radius 2 is 1.53 bits per heavy atom. The fraction of sp³-hybridized carbons (Fsp3) is 0.211. The van der Waals surface area contributed by atoms with Gasteiger partial charge >= 0.3 is 11.4 Å². The number of methoxy groups -OCH3 is 1. The second-order valence-corrected chi connectivity index (χ2v) is 12.7. The number of hydrogen-bond donors (Lipinski definition) is 2. The van der Waals surface area contributed by atoms with Crippen LogP contribution in [0, 0.1) is 12.8 Å². The molecule has 4 atom stereocenters. The second kappa shape index (κ2) is 11.3. The maximum Gasteiger partial charge on any atom is 0.352 e. The smallest absolute Gasteiger partial charge is 0.352 e. The molecule has 11 nitrogen and oxygen atoms in total. The first-order valence-electron chi connectivity index (χ1n) is 16.1.